The van der Waals surface area contributed by atoms with Crippen molar-refractivity contribution in [1.29, 1.82) is 0 Å². The first-order valence-corrected chi connectivity index (χ1v) is 13.8. The van der Waals surface area contributed by atoms with Crippen LogP contribution in [0.25, 0.3) is 0 Å². The van der Waals surface area contributed by atoms with Gasteiger partial charge in [-0.05, 0) is 85.2 Å². The van der Waals surface area contributed by atoms with Gasteiger partial charge >= 0.3 is 0 Å². The minimum Gasteiger partial charge on any atom is -0.349 e. The van der Waals surface area contributed by atoms with Gasteiger partial charge in [-0.15, -0.1) is 0 Å². The average Bonchev–Trinajstić information content (AvgIpc) is 3.20. The van der Waals surface area contributed by atoms with Gasteiger partial charge in [-0.1, -0.05) is 68.6 Å². The van der Waals surface area contributed by atoms with Gasteiger partial charge in [0.05, 0.1) is 13.2 Å². The molecular formula is C30H41ClO2. The van der Waals surface area contributed by atoms with E-state index in [0.717, 1.165) is 55.8 Å². The standard InChI is InChI=1S/C30H41ClO2/c1-27(2)19-32-30(33-20-27)16-15-29(17-21-7-4-5-9-26(21)31)22(18-30)10-11-23-24-8-6-13-28(24,3)14-12-25(23)29/h4-5,7,9,12,22-24H,6,8,10-11,13-20H2,1-3H3/t22-,23-,24-,28-,29+/m0/s1. The van der Waals surface area contributed by atoms with Crippen molar-refractivity contribution in [3.05, 3.63) is 46.5 Å². The first kappa shape index (κ1) is 22.6. The van der Waals surface area contributed by atoms with Crippen LogP contribution in [-0.4, -0.2) is 19.0 Å². The molecule has 180 valence electrons. The molecule has 4 aliphatic carbocycles. The third kappa shape index (κ3) is 3.66. The summed E-state index contributed by atoms with van der Waals surface area (Å²) in [5, 5.41) is 0.932. The summed E-state index contributed by atoms with van der Waals surface area (Å²) >= 11 is 6.76. The summed E-state index contributed by atoms with van der Waals surface area (Å²) in [5.41, 5.74) is 3.99. The van der Waals surface area contributed by atoms with Crippen LogP contribution in [-0.2, 0) is 15.9 Å². The maximum Gasteiger partial charge on any atom is 0.168 e. The molecule has 1 heterocycles. The Morgan fingerprint density at radius 1 is 0.970 bits per heavy atom. The lowest BCUT2D eigenvalue weighted by Crippen LogP contribution is -2.57. The van der Waals surface area contributed by atoms with Crippen LogP contribution in [0.3, 0.4) is 0 Å². The highest BCUT2D eigenvalue weighted by Gasteiger charge is 2.59. The van der Waals surface area contributed by atoms with Crippen molar-refractivity contribution in [2.24, 2.45) is 34.0 Å². The molecule has 1 spiro atoms. The molecule has 4 fully saturated rings. The molecule has 0 radical (unpaired) electrons. The molecule has 1 saturated heterocycles. The molecule has 1 aromatic carbocycles. The van der Waals surface area contributed by atoms with E-state index in [1.54, 1.807) is 5.57 Å². The Morgan fingerprint density at radius 2 is 1.76 bits per heavy atom. The summed E-state index contributed by atoms with van der Waals surface area (Å²) in [6, 6.07) is 8.57. The van der Waals surface area contributed by atoms with Gasteiger partial charge in [0.15, 0.2) is 5.79 Å². The molecule has 0 N–H and O–H groups in total. The zero-order chi connectivity index (χ0) is 22.9. The van der Waals surface area contributed by atoms with E-state index in [-0.39, 0.29) is 16.6 Å². The van der Waals surface area contributed by atoms with Gasteiger partial charge < -0.3 is 9.47 Å². The smallest absolute Gasteiger partial charge is 0.168 e. The fourth-order valence-electron chi connectivity index (χ4n) is 8.59. The van der Waals surface area contributed by atoms with Gasteiger partial charge in [0.2, 0.25) is 0 Å². The monoisotopic (exact) mass is 468 g/mol. The molecule has 1 aromatic rings. The minimum atomic E-state index is -0.367. The molecule has 33 heavy (non-hydrogen) atoms. The van der Waals surface area contributed by atoms with Crippen molar-refractivity contribution in [3.8, 4) is 0 Å². The van der Waals surface area contributed by atoms with Gasteiger partial charge in [0.25, 0.3) is 0 Å². The topological polar surface area (TPSA) is 18.5 Å². The number of rotatable bonds is 2. The van der Waals surface area contributed by atoms with Gasteiger partial charge in [-0.25, -0.2) is 0 Å². The second kappa shape index (κ2) is 7.84. The highest BCUT2D eigenvalue weighted by Crippen LogP contribution is 2.66. The van der Waals surface area contributed by atoms with Gasteiger partial charge in [-0.3, -0.25) is 0 Å². The van der Waals surface area contributed by atoms with Crippen LogP contribution >= 0.6 is 11.6 Å². The molecule has 0 unspecified atom stereocenters. The largest absolute Gasteiger partial charge is 0.349 e. The third-order valence-corrected chi connectivity index (χ3v) is 10.8. The minimum absolute atomic E-state index is 0.119. The van der Waals surface area contributed by atoms with E-state index in [9.17, 15) is 0 Å². The van der Waals surface area contributed by atoms with E-state index in [0.29, 0.717) is 11.3 Å². The fraction of sp³-hybridized carbons (Fsp3) is 0.733. The lowest BCUT2D eigenvalue weighted by Gasteiger charge is -2.60. The molecule has 0 amide bonds. The van der Waals surface area contributed by atoms with Crippen LogP contribution in [0.1, 0.15) is 84.1 Å². The van der Waals surface area contributed by atoms with Crippen molar-refractivity contribution in [1.82, 2.24) is 0 Å². The first-order chi connectivity index (χ1) is 15.7. The van der Waals surface area contributed by atoms with E-state index in [4.69, 9.17) is 21.1 Å². The van der Waals surface area contributed by atoms with E-state index < -0.39 is 0 Å². The lowest BCUT2D eigenvalue weighted by atomic mass is 9.47. The Labute approximate surface area is 205 Å². The van der Waals surface area contributed by atoms with Crippen molar-refractivity contribution in [3.63, 3.8) is 0 Å². The molecular weight excluding hydrogens is 428 g/mol. The zero-order valence-electron chi connectivity index (χ0n) is 20.8. The number of allylic oxidation sites excluding steroid dienone is 2. The third-order valence-electron chi connectivity index (χ3n) is 10.4. The number of hydrogen-bond donors (Lipinski definition) is 0. The molecule has 1 aliphatic heterocycles. The maximum absolute atomic E-state index is 6.76. The highest BCUT2D eigenvalue weighted by molar-refractivity contribution is 6.31. The summed E-state index contributed by atoms with van der Waals surface area (Å²) in [4.78, 5) is 0. The number of ether oxygens (including phenoxy) is 2. The maximum atomic E-state index is 6.76. The Kier molecular flexibility index (Phi) is 5.37. The van der Waals surface area contributed by atoms with Crippen LogP contribution < -0.4 is 0 Å². The predicted octanol–water partition coefficient (Wildman–Crippen LogP) is 7.98. The molecule has 0 aromatic heterocycles. The fourth-order valence-corrected chi connectivity index (χ4v) is 8.79. The summed E-state index contributed by atoms with van der Waals surface area (Å²) < 4.78 is 13.1. The zero-order valence-corrected chi connectivity index (χ0v) is 21.6. The van der Waals surface area contributed by atoms with Gasteiger partial charge in [0.1, 0.15) is 0 Å². The molecule has 0 bridgehead atoms. The predicted molar refractivity (Wildman–Crippen MR) is 134 cm³/mol. The Hall–Kier alpha value is -0.830. The Bertz CT molecular complexity index is 940. The second-order valence-corrected chi connectivity index (χ2v) is 13.6. The van der Waals surface area contributed by atoms with E-state index in [1.807, 2.05) is 0 Å². The number of fused-ring (bicyclic) bond motifs is 5. The van der Waals surface area contributed by atoms with Crippen molar-refractivity contribution in [2.75, 3.05) is 13.2 Å². The van der Waals surface area contributed by atoms with Gasteiger partial charge in [-0.2, -0.15) is 0 Å². The first-order valence-electron chi connectivity index (χ1n) is 13.5. The molecule has 3 heteroatoms. The Morgan fingerprint density at radius 3 is 2.55 bits per heavy atom. The molecule has 3 saturated carbocycles. The van der Waals surface area contributed by atoms with Crippen molar-refractivity contribution >= 4 is 11.6 Å². The Balaban J connectivity index is 1.37. The van der Waals surface area contributed by atoms with Crippen LogP contribution in [0.2, 0.25) is 5.02 Å². The summed E-state index contributed by atoms with van der Waals surface area (Å²) in [5.74, 6) is 1.89. The van der Waals surface area contributed by atoms with Crippen LogP contribution in [0.5, 0.6) is 0 Å². The molecule has 5 aliphatic rings. The SMILES string of the molecule is CC1(C)COC2(CC[C@]3(Cc4ccccc4Cl)C4=CC[C@]5(C)CCC[C@H]5[C@@H]4CC[C@H]3C2)OC1. The van der Waals surface area contributed by atoms with E-state index >= 15 is 0 Å². The molecule has 2 nitrogen and oxygen atoms in total. The quantitative estimate of drug-likeness (QED) is 0.409. The summed E-state index contributed by atoms with van der Waals surface area (Å²) in [6.07, 6.45) is 15.2. The normalized spacial score (nSPS) is 41.1. The summed E-state index contributed by atoms with van der Waals surface area (Å²) in [7, 11) is 0. The summed E-state index contributed by atoms with van der Waals surface area (Å²) in [6.45, 7) is 8.69. The van der Waals surface area contributed by atoms with E-state index in [2.05, 4.69) is 51.1 Å². The number of benzene rings is 1. The van der Waals surface area contributed by atoms with Crippen LogP contribution in [0, 0.1) is 34.0 Å². The van der Waals surface area contributed by atoms with Crippen LogP contribution in [0.15, 0.2) is 35.9 Å². The van der Waals surface area contributed by atoms with Crippen LogP contribution in [0.4, 0.5) is 0 Å². The highest BCUT2D eigenvalue weighted by atomic mass is 35.5. The number of halogens is 1. The van der Waals surface area contributed by atoms with Gasteiger partial charge in [0, 0.05) is 23.3 Å². The second-order valence-electron chi connectivity index (χ2n) is 13.2. The molecule has 5 atom stereocenters. The molecule has 6 rings (SSSR count). The lowest BCUT2D eigenvalue weighted by molar-refractivity contribution is -0.324. The van der Waals surface area contributed by atoms with Crippen molar-refractivity contribution < 1.29 is 9.47 Å². The van der Waals surface area contributed by atoms with Crippen molar-refractivity contribution in [2.45, 2.75) is 90.8 Å². The average molecular weight is 469 g/mol. The number of hydrogen-bond acceptors (Lipinski definition) is 2. The van der Waals surface area contributed by atoms with E-state index in [1.165, 1.54) is 44.1 Å².